The van der Waals surface area contributed by atoms with Gasteiger partial charge < -0.3 is 19.8 Å². The van der Waals surface area contributed by atoms with Crippen LogP contribution in [-0.2, 0) is 24.2 Å². The number of nitrogens with one attached hydrogen (secondary N) is 2. The van der Waals surface area contributed by atoms with E-state index in [2.05, 4.69) is 10.6 Å². The number of rotatable bonds is 7. The van der Waals surface area contributed by atoms with Gasteiger partial charge in [0, 0.05) is 6.04 Å². The van der Waals surface area contributed by atoms with Crippen LogP contribution in [0.25, 0.3) is 0 Å². The van der Waals surface area contributed by atoms with Crippen LogP contribution in [0.15, 0.2) is 22.8 Å². The predicted octanol–water partition coefficient (Wildman–Crippen LogP) is 0.269. The normalized spacial score (nSPS) is 20.7. The van der Waals surface area contributed by atoms with Gasteiger partial charge in [-0.15, -0.1) is 0 Å². The van der Waals surface area contributed by atoms with Crippen LogP contribution in [0.2, 0.25) is 0 Å². The summed E-state index contributed by atoms with van der Waals surface area (Å²) in [6, 6.07) is 1.56. The Kier molecular flexibility index (Phi) is 6.63. The molecule has 0 aromatic carbocycles. The summed E-state index contributed by atoms with van der Waals surface area (Å²) in [5, 5.41) is 5.10. The van der Waals surface area contributed by atoms with E-state index in [4.69, 9.17) is 9.15 Å². The van der Waals surface area contributed by atoms with Gasteiger partial charge in [-0.2, -0.15) is 0 Å². The fourth-order valence-electron chi connectivity index (χ4n) is 2.65. The maximum Gasteiger partial charge on any atom is 0.329 e. The molecule has 27 heavy (non-hydrogen) atoms. The van der Waals surface area contributed by atoms with Gasteiger partial charge in [-0.05, 0) is 31.4 Å². The van der Waals surface area contributed by atoms with Crippen molar-refractivity contribution in [2.75, 3.05) is 11.5 Å². The number of amides is 2. The molecule has 1 aliphatic heterocycles. The average molecular weight is 400 g/mol. The Morgan fingerprint density at radius 1 is 1.26 bits per heavy atom. The fourth-order valence-corrected chi connectivity index (χ4v) is 4.32. The zero-order valence-corrected chi connectivity index (χ0v) is 16.2. The summed E-state index contributed by atoms with van der Waals surface area (Å²) < 4.78 is 33.1. The predicted molar refractivity (Wildman–Crippen MR) is 95.6 cm³/mol. The Hall–Kier alpha value is -2.36. The monoisotopic (exact) mass is 400 g/mol. The van der Waals surface area contributed by atoms with Crippen molar-refractivity contribution in [3.8, 4) is 0 Å². The van der Waals surface area contributed by atoms with Crippen molar-refractivity contribution in [3.05, 3.63) is 24.2 Å². The first-order valence-electron chi connectivity index (χ1n) is 8.64. The molecule has 1 aromatic heterocycles. The molecule has 1 saturated heterocycles. The Morgan fingerprint density at radius 2 is 1.96 bits per heavy atom. The van der Waals surface area contributed by atoms with Crippen LogP contribution < -0.4 is 10.6 Å². The highest BCUT2D eigenvalue weighted by atomic mass is 32.2. The van der Waals surface area contributed by atoms with Crippen molar-refractivity contribution in [2.24, 2.45) is 5.92 Å². The van der Waals surface area contributed by atoms with E-state index in [1.165, 1.54) is 19.3 Å². The van der Waals surface area contributed by atoms with Gasteiger partial charge in [-0.1, -0.05) is 13.8 Å². The number of sulfone groups is 1. The lowest BCUT2D eigenvalue weighted by molar-refractivity contribution is -0.157. The zero-order valence-electron chi connectivity index (χ0n) is 15.4. The molecule has 2 rings (SSSR count). The minimum Gasteiger partial charge on any atom is -0.459 e. The van der Waals surface area contributed by atoms with Gasteiger partial charge in [0.05, 0.1) is 17.8 Å². The molecule has 0 saturated carbocycles. The van der Waals surface area contributed by atoms with Gasteiger partial charge in [0.25, 0.3) is 11.8 Å². The number of hydrogen-bond acceptors (Lipinski definition) is 7. The first-order valence-corrected chi connectivity index (χ1v) is 10.5. The first kappa shape index (κ1) is 20.9. The lowest BCUT2D eigenvalue weighted by Gasteiger charge is -2.23. The molecular formula is C17H24N2O7S. The molecule has 1 aliphatic rings. The highest BCUT2D eigenvalue weighted by molar-refractivity contribution is 7.91. The third-order valence-electron chi connectivity index (χ3n) is 4.19. The van der Waals surface area contributed by atoms with Gasteiger partial charge in [0.2, 0.25) is 0 Å². The smallest absolute Gasteiger partial charge is 0.329 e. The van der Waals surface area contributed by atoms with Crippen LogP contribution in [0.1, 0.15) is 37.7 Å². The van der Waals surface area contributed by atoms with Crippen LogP contribution >= 0.6 is 0 Å². The molecular weight excluding hydrogens is 376 g/mol. The molecule has 9 nitrogen and oxygen atoms in total. The Bertz CT molecular complexity index is 786. The number of carbonyl (C=O) groups excluding carboxylic acids is 3. The maximum atomic E-state index is 12.4. The molecule has 0 aliphatic carbocycles. The van der Waals surface area contributed by atoms with Crippen molar-refractivity contribution in [1.82, 2.24) is 10.6 Å². The number of esters is 1. The molecule has 3 atom stereocenters. The van der Waals surface area contributed by atoms with Crippen LogP contribution in [0.5, 0.6) is 0 Å². The molecule has 2 heterocycles. The number of carbonyl (C=O) groups is 3. The fraction of sp³-hybridized carbons (Fsp3) is 0.588. The highest BCUT2D eigenvalue weighted by Crippen LogP contribution is 2.12. The molecule has 150 valence electrons. The summed E-state index contributed by atoms with van der Waals surface area (Å²) in [4.78, 5) is 36.6. The van der Waals surface area contributed by atoms with E-state index in [0.29, 0.717) is 6.42 Å². The minimum atomic E-state index is -3.13. The van der Waals surface area contributed by atoms with Crippen molar-refractivity contribution in [1.29, 1.82) is 0 Å². The van der Waals surface area contributed by atoms with E-state index in [-0.39, 0.29) is 23.2 Å². The van der Waals surface area contributed by atoms with Gasteiger partial charge in [0.15, 0.2) is 21.7 Å². The maximum absolute atomic E-state index is 12.4. The molecule has 0 spiro atoms. The van der Waals surface area contributed by atoms with Crippen molar-refractivity contribution in [2.45, 2.75) is 45.4 Å². The first-order chi connectivity index (χ1) is 12.6. The summed E-state index contributed by atoms with van der Waals surface area (Å²) in [5.41, 5.74) is 0. The summed E-state index contributed by atoms with van der Waals surface area (Å²) in [5.74, 6) is -2.22. The number of furan rings is 1. The minimum absolute atomic E-state index is 0.0281. The molecule has 2 N–H and O–H groups in total. The van der Waals surface area contributed by atoms with E-state index in [0.717, 1.165) is 0 Å². The topological polar surface area (TPSA) is 132 Å². The standard InChI is InChI=1S/C17H24N2O7S/c1-10(2)14(19-16(21)13-5-4-7-25-13)17(22)26-11(3)15(20)18-12-6-8-27(23,24)9-12/h4-5,7,10-12,14H,6,8-9H2,1-3H3,(H,18,20)(H,19,21)/t11-,12-,14-/m0/s1. The SMILES string of the molecule is CC(C)[C@H](NC(=O)c1ccco1)C(=O)O[C@@H](C)C(=O)N[C@H]1CCS(=O)(=O)C1. The summed E-state index contributed by atoms with van der Waals surface area (Å²) in [6.07, 6.45) is 0.554. The molecule has 0 bridgehead atoms. The molecule has 1 aromatic rings. The second-order valence-electron chi connectivity index (χ2n) is 6.86. The van der Waals surface area contributed by atoms with Gasteiger partial charge in [-0.3, -0.25) is 9.59 Å². The molecule has 0 radical (unpaired) electrons. The Morgan fingerprint density at radius 3 is 2.48 bits per heavy atom. The quantitative estimate of drug-likeness (QED) is 0.628. The Balaban J connectivity index is 1.91. The summed E-state index contributed by atoms with van der Waals surface area (Å²) in [6.45, 7) is 4.84. The Labute approximate surface area is 157 Å². The van der Waals surface area contributed by atoms with Crippen LogP contribution in [0.3, 0.4) is 0 Å². The van der Waals surface area contributed by atoms with Gasteiger partial charge in [-0.25, -0.2) is 13.2 Å². The van der Waals surface area contributed by atoms with E-state index in [1.807, 2.05) is 0 Å². The number of hydrogen-bond donors (Lipinski definition) is 2. The lowest BCUT2D eigenvalue weighted by Crippen LogP contribution is -2.48. The third-order valence-corrected chi connectivity index (χ3v) is 5.96. The van der Waals surface area contributed by atoms with E-state index >= 15 is 0 Å². The van der Waals surface area contributed by atoms with Gasteiger partial charge >= 0.3 is 5.97 Å². The largest absolute Gasteiger partial charge is 0.459 e. The highest BCUT2D eigenvalue weighted by Gasteiger charge is 2.33. The van der Waals surface area contributed by atoms with Crippen molar-refractivity contribution >= 4 is 27.6 Å². The second kappa shape index (κ2) is 8.55. The third kappa shape index (κ3) is 5.81. The lowest BCUT2D eigenvalue weighted by atomic mass is 10.0. The molecule has 10 heteroatoms. The van der Waals surface area contributed by atoms with Crippen molar-refractivity contribution in [3.63, 3.8) is 0 Å². The van der Waals surface area contributed by atoms with E-state index in [1.54, 1.807) is 19.9 Å². The van der Waals surface area contributed by atoms with Crippen LogP contribution in [0.4, 0.5) is 0 Å². The van der Waals surface area contributed by atoms with Gasteiger partial charge in [0.1, 0.15) is 6.04 Å². The van der Waals surface area contributed by atoms with Crippen LogP contribution in [0, 0.1) is 5.92 Å². The van der Waals surface area contributed by atoms with E-state index < -0.39 is 45.8 Å². The number of ether oxygens (including phenoxy) is 1. The molecule has 0 unspecified atom stereocenters. The van der Waals surface area contributed by atoms with Crippen LogP contribution in [-0.4, -0.2) is 55.9 Å². The van der Waals surface area contributed by atoms with Crippen molar-refractivity contribution < 1.29 is 32.0 Å². The summed E-state index contributed by atoms with van der Waals surface area (Å²) in [7, 11) is -3.13. The second-order valence-corrected chi connectivity index (χ2v) is 9.09. The molecule has 2 amide bonds. The zero-order chi connectivity index (χ0) is 20.2. The van der Waals surface area contributed by atoms with E-state index in [9.17, 15) is 22.8 Å². The molecule has 1 fully saturated rings. The summed E-state index contributed by atoms with van der Waals surface area (Å²) >= 11 is 0. The average Bonchev–Trinajstić information content (AvgIpc) is 3.21.